The number of aliphatic carboxylic acids is 1. The molecule has 0 radical (unpaired) electrons. The van der Waals surface area contributed by atoms with Crippen LogP contribution in [0, 0.1) is 0 Å². The van der Waals surface area contributed by atoms with Crippen LogP contribution in [0.2, 0.25) is 0 Å². The Hall–Kier alpha value is -1.45. The lowest BCUT2D eigenvalue weighted by molar-refractivity contribution is -0.135. The maximum Gasteiger partial charge on any atom is 0.350 e. The van der Waals surface area contributed by atoms with E-state index < -0.39 is 23.9 Å². The van der Waals surface area contributed by atoms with E-state index in [9.17, 15) is 14.4 Å². The van der Waals surface area contributed by atoms with E-state index in [2.05, 4.69) is 23.4 Å². The minimum Gasteiger partial charge on any atom is -0.480 e. The first-order chi connectivity index (χ1) is 7.93. The second-order valence-electron chi connectivity index (χ2n) is 2.93. The van der Waals surface area contributed by atoms with Gasteiger partial charge in [0.05, 0.1) is 19.1 Å². The van der Waals surface area contributed by atoms with Crippen LogP contribution in [0.3, 0.4) is 0 Å². The lowest BCUT2D eigenvalue weighted by atomic mass is 10.3. The zero-order valence-corrected chi connectivity index (χ0v) is 9.84. The average Bonchev–Trinajstić information content (AvgIpc) is 2.74. The van der Waals surface area contributed by atoms with Gasteiger partial charge < -0.3 is 16.6 Å². The minimum atomic E-state index is -0.968. The summed E-state index contributed by atoms with van der Waals surface area (Å²) < 4.78 is 0. The van der Waals surface area contributed by atoms with Gasteiger partial charge in [-0.25, -0.2) is 9.79 Å². The van der Waals surface area contributed by atoms with E-state index in [1.54, 1.807) is 0 Å². The number of carboxylic acid groups (broad SMARTS) is 1. The maximum absolute atomic E-state index is 11.2. The van der Waals surface area contributed by atoms with Crippen LogP contribution in [0.4, 0.5) is 4.79 Å². The zero-order chi connectivity index (χ0) is 13.4. The van der Waals surface area contributed by atoms with Crippen LogP contribution in [-0.4, -0.2) is 59.0 Å². The smallest absolute Gasteiger partial charge is 0.350 e. The molecular weight excluding hydrogens is 248 g/mol. The van der Waals surface area contributed by atoms with Crippen LogP contribution in [-0.2, 0) is 9.59 Å². The molecule has 0 spiro atoms. The van der Waals surface area contributed by atoms with E-state index in [0.717, 1.165) is 4.90 Å². The van der Waals surface area contributed by atoms with Crippen molar-refractivity contribution in [1.29, 1.82) is 0 Å². The Morgan fingerprint density at radius 3 is 2.47 bits per heavy atom. The summed E-state index contributed by atoms with van der Waals surface area (Å²) in [5.74, 6) is -1.17. The fraction of sp³-hybridized carbons (Fsp3) is 0.500. The highest BCUT2D eigenvalue weighted by Crippen LogP contribution is 2.02. The number of nitrogens with two attached hydrogens (primary N) is 2. The summed E-state index contributed by atoms with van der Waals surface area (Å²) in [6.45, 7) is -0.0564. The number of carbonyl (C=O) groups excluding carboxylic acids is 2. The van der Waals surface area contributed by atoms with Crippen LogP contribution in [0.25, 0.3) is 0 Å². The summed E-state index contributed by atoms with van der Waals surface area (Å²) in [6.07, 6.45) is 1.38. The summed E-state index contributed by atoms with van der Waals surface area (Å²) in [6, 6.07) is -1.27. The molecular formula is C8H14N4O4S. The monoisotopic (exact) mass is 262 g/mol. The molecule has 8 nitrogen and oxygen atoms in total. The Labute approximate surface area is 103 Å². The SMILES string of the molecule is NCC(=O)O.N[C@@H](CS)C(=O)N1CC=NC1=O. The van der Waals surface area contributed by atoms with Gasteiger partial charge in [0.25, 0.3) is 0 Å². The molecule has 0 aliphatic carbocycles. The molecule has 0 unspecified atom stereocenters. The first-order valence-electron chi connectivity index (χ1n) is 4.60. The molecule has 5 N–H and O–H groups in total. The number of imide groups is 1. The van der Waals surface area contributed by atoms with Gasteiger partial charge in [0.2, 0.25) is 5.91 Å². The molecule has 3 amide bonds. The fourth-order valence-electron chi connectivity index (χ4n) is 0.811. The molecule has 96 valence electrons. The van der Waals surface area contributed by atoms with E-state index in [1.807, 2.05) is 0 Å². The molecule has 0 saturated heterocycles. The number of amides is 3. The second-order valence-corrected chi connectivity index (χ2v) is 3.30. The summed E-state index contributed by atoms with van der Waals surface area (Å²) in [4.78, 5) is 35.8. The predicted octanol–water partition coefficient (Wildman–Crippen LogP) is -1.69. The summed E-state index contributed by atoms with van der Waals surface area (Å²) in [7, 11) is 0. The Bertz CT molecular complexity index is 333. The number of aliphatic imine (C=N–C) groups is 1. The molecule has 1 rings (SSSR count). The van der Waals surface area contributed by atoms with Crippen molar-refractivity contribution in [2.45, 2.75) is 6.04 Å². The largest absolute Gasteiger partial charge is 0.480 e. The maximum atomic E-state index is 11.2. The summed E-state index contributed by atoms with van der Waals surface area (Å²) in [5, 5.41) is 7.60. The number of thiol groups is 1. The third-order valence-corrected chi connectivity index (χ3v) is 2.04. The first kappa shape index (κ1) is 15.6. The van der Waals surface area contributed by atoms with Crippen molar-refractivity contribution in [2.75, 3.05) is 18.8 Å². The molecule has 1 heterocycles. The van der Waals surface area contributed by atoms with Crippen molar-refractivity contribution in [3.05, 3.63) is 0 Å². The Kier molecular flexibility index (Phi) is 7.10. The molecule has 1 aliphatic heterocycles. The van der Waals surface area contributed by atoms with Crippen LogP contribution in [0.1, 0.15) is 0 Å². The minimum absolute atomic E-state index is 0.221. The van der Waals surface area contributed by atoms with Gasteiger partial charge in [0, 0.05) is 12.0 Å². The van der Waals surface area contributed by atoms with Gasteiger partial charge >= 0.3 is 12.0 Å². The van der Waals surface area contributed by atoms with Gasteiger partial charge in [-0.1, -0.05) is 0 Å². The standard InChI is InChI=1S/C6H9N3O2S.C2H5NO2/c7-4(3-12)5(10)9-2-1-8-6(9)11;3-1-2(4)5/h1,4,12H,2-3,7H2;1,3H2,(H,4,5)/t4-;/m0./s1. The Morgan fingerprint density at radius 2 is 2.18 bits per heavy atom. The van der Waals surface area contributed by atoms with Crippen LogP contribution >= 0.6 is 12.6 Å². The Morgan fingerprint density at radius 1 is 1.65 bits per heavy atom. The van der Waals surface area contributed by atoms with Gasteiger partial charge in [0.15, 0.2) is 0 Å². The number of nitrogens with zero attached hydrogens (tertiary/aromatic N) is 2. The number of carbonyl (C=O) groups is 3. The summed E-state index contributed by atoms with van der Waals surface area (Å²) in [5.41, 5.74) is 9.95. The van der Waals surface area contributed by atoms with Crippen molar-refractivity contribution < 1.29 is 19.5 Å². The third kappa shape index (κ3) is 5.43. The second kappa shape index (κ2) is 7.76. The molecule has 1 aliphatic rings. The highest BCUT2D eigenvalue weighted by molar-refractivity contribution is 7.80. The first-order valence-corrected chi connectivity index (χ1v) is 5.23. The molecule has 0 aromatic carbocycles. The summed E-state index contributed by atoms with van der Waals surface area (Å²) >= 11 is 3.85. The van der Waals surface area contributed by atoms with Gasteiger partial charge in [0.1, 0.15) is 0 Å². The molecule has 0 fully saturated rings. The van der Waals surface area contributed by atoms with E-state index >= 15 is 0 Å². The average molecular weight is 262 g/mol. The van der Waals surface area contributed by atoms with E-state index in [-0.39, 0.29) is 18.8 Å². The molecule has 9 heteroatoms. The van der Waals surface area contributed by atoms with E-state index in [1.165, 1.54) is 6.21 Å². The molecule has 0 aromatic rings. The molecule has 17 heavy (non-hydrogen) atoms. The van der Waals surface area contributed by atoms with E-state index in [4.69, 9.17) is 10.8 Å². The lowest BCUT2D eigenvalue weighted by Gasteiger charge is -2.15. The highest BCUT2D eigenvalue weighted by Gasteiger charge is 2.27. The van der Waals surface area contributed by atoms with Gasteiger partial charge in [-0.3, -0.25) is 14.5 Å². The number of hydrogen-bond acceptors (Lipinski definition) is 6. The van der Waals surface area contributed by atoms with Crippen LogP contribution in [0.15, 0.2) is 4.99 Å². The normalized spacial score (nSPS) is 15.2. The van der Waals surface area contributed by atoms with Crippen molar-refractivity contribution in [2.24, 2.45) is 16.5 Å². The van der Waals surface area contributed by atoms with Crippen molar-refractivity contribution in [3.8, 4) is 0 Å². The van der Waals surface area contributed by atoms with Crippen molar-refractivity contribution in [1.82, 2.24) is 4.90 Å². The fourth-order valence-corrected chi connectivity index (χ4v) is 0.967. The topological polar surface area (TPSA) is 139 Å². The number of rotatable bonds is 3. The predicted molar refractivity (Wildman–Crippen MR) is 64.1 cm³/mol. The number of urea groups is 1. The quantitative estimate of drug-likeness (QED) is 0.447. The number of carboxylic acids is 1. The van der Waals surface area contributed by atoms with Crippen LogP contribution in [0.5, 0.6) is 0 Å². The zero-order valence-electron chi connectivity index (χ0n) is 8.94. The molecule has 0 bridgehead atoms. The third-order valence-electron chi connectivity index (χ3n) is 1.65. The van der Waals surface area contributed by atoms with Gasteiger partial charge in [-0.2, -0.15) is 12.6 Å². The van der Waals surface area contributed by atoms with E-state index in [0.29, 0.717) is 0 Å². The van der Waals surface area contributed by atoms with Gasteiger partial charge in [-0.05, 0) is 0 Å². The van der Waals surface area contributed by atoms with Crippen molar-refractivity contribution in [3.63, 3.8) is 0 Å². The van der Waals surface area contributed by atoms with Crippen molar-refractivity contribution >= 4 is 36.8 Å². The number of hydrogen-bond donors (Lipinski definition) is 4. The van der Waals surface area contributed by atoms with Crippen LogP contribution < -0.4 is 11.5 Å². The lowest BCUT2D eigenvalue weighted by Crippen LogP contribution is -2.45. The molecule has 0 aromatic heterocycles. The van der Waals surface area contributed by atoms with Gasteiger partial charge in [-0.15, -0.1) is 0 Å². The Balaban J connectivity index is 0.000000437. The molecule has 0 saturated carbocycles. The highest BCUT2D eigenvalue weighted by atomic mass is 32.1. The molecule has 1 atom stereocenters.